The highest BCUT2D eigenvalue weighted by Gasteiger charge is 2.21. The van der Waals surface area contributed by atoms with Crippen molar-refractivity contribution in [2.75, 3.05) is 24.6 Å². The number of aromatic amines is 1. The normalized spacial score (nSPS) is 15.3. The first-order chi connectivity index (χ1) is 15.6. The van der Waals surface area contributed by atoms with Crippen LogP contribution in [0.1, 0.15) is 33.6 Å². The standard InChI is InChI=1S/C23H29N7OS/c1-4-31-17-11-19(22-20-13-25-26-23(20)27-30(22)14-17)16-5-6-21(24-12-16)29-9-7-18(8-10-29)32-28-15(2)3/h5-6,11-15,18,28H,4,7-10H2,1-3H3,(H,26,27). The van der Waals surface area contributed by atoms with Gasteiger partial charge in [0.25, 0.3) is 0 Å². The molecule has 5 heterocycles. The number of hydrogen-bond acceptors (Lipinski definition) is 7. The molecular formula is C23H29N7OS. The van der Waals surface area contributed by atoms with Crippen LogP contribution in [0.5, 0.6) is 5.75 Å². The number of aromatic nitrogens is 5. The van der Waals surface area contributed by atoms with Gasteiger partial charge in [-0.1, -0.05) is 11.9 Å². The summed E-state index contributed by atoms with van der Waals surface area (Å²) in [7, 11) is 0. The number of anilines is 1. The van der Waals surface area contributed by atoms with Crippen LogP contribution in [-0.4, -0.2) is 55.8 Å². The van der Waals surface area contributed by atoms with Gasteiger partial charge in [0.05, 0.1) is 29.9 Å². The Balaban J connectivity index is 1.39. The fourth-order valence-corrected chi connectivity index (χ4v) is 5.08. The number of nitrogens with zero attached hydrogens (tertiary/aromatic N) is 5. The Hall–Kier alpha value is -2.78. The Bertz CT molecular complexity index is 1190. The third-order valence-corrected chi connectivity index (χ3v) is 7.12. The van der Waals surface area contributed by atoms with Crippen LogP contribution >= 0.6 is 11.9 Å². The van der Waals surface area contributed by atoms with E-state index in [0.717, 1.165) is 52.3 Å². The van der Waals surface area contributed by atoms with E-state index in [1.54, 1.807) is 0 Å². The quantitative estimate of drug-likeness (QED) is 0.406. The van der Waals surface area contributed by atoms with Gasteiger partial charge < -0.3 is 9.64 Å². The summed E-state index contributed by atoms with van der Waals surface area (Å²) in [5.74, 6) is 1.82. The number of nitrogens with one attached hydrogen (secondary N) is 2. The maximum Gasteiger partial charge on any atom is 0.178 e. The van der Waals surface area contributed by atoms with Crippen LogP contribution in [0, 0.1) is 0 Å². The Kier molecular flexibility index (Phi) is 5.93. The number of ether oxygens (including phenoxy) is 1. The lowest BCUT2D eigenvalue weighted by atomic mass is 10.1. The van der Waals surface area contributed by atoms with Gasteiger partial charge in [-0.15, -0.1) is 5.10 Å². The number of fused-ring (bicyclic) bond motifs is 3. The van der Waals surface area contributed by atoms with Crippen LogP contribution in [0.25, 0.3) is 27.7 Å². The molecule has 0 amide bonds. The zero-order chi connectivity index (χ0) is 22.1. The lowest BCUT2D eigenvalue weighted by molar-refractivity contribution is 0.338. The smallest absolute Gasteiger partial charge is 0.178 e. The summed E-state index contributed by atoms with van der Waals surface area (Å²) < 4.78 is 11.1. The molecule has 0 aliphatic carbocycles. The van der Waals surface area contributed by atoms with Crippen molar-refractivity contribution in [3.05, 3.63) is 36.8 Å². The van der Waals surface area contributed by atoms with E-state index in [9.17, 15) is 0 Å². The lowest BCUT2D eigenvalue weighted by Crippen LogP contribution is -2.36. The second kappa shape index (κ2) is 8.99. The molecule has 2 N–H and O–H groups in total. The Labute approximate surface area is 191 Å². The maximum absolute atomic E-state index is 5.79. The molecule has 8 nitrogen and oxygen atoms in total. The molecule has 0 bridgehead atoms. The van der Waals surface area contributed by atoms with Crippen LogP contribution in [0.3, 0.4) is 0 Å². The monoisotopic (exact) mass is 451 g/mol. The first-order valence-electron chi connectivity index (χ1n) is 11.2. The average Bonchev–Trinajstić information content (AvgIpc) is 3.39. The molecule has 0 unspecified atom stereocenters. The van der Waals surface area contributed by atoms with Gasteiger partial charge >= 0.3 is 0 Å². The summed E-state index contributed by atoms with van der Waals surface area (Å²) in [5, 5.41) is 13.4. The van der Waals surface area contributed by atoms with E-state index in [1.165, 1.54) is 12.8 Å². The molecule has 0 spiro atoms. The second-order valence-corrected chi connectivity index (χ2v) is 9.57. The minimum atomic E-state index is 0.513. The first kappa shape index (κ1) is 21.1. The van der Waals surface area contributed by atoms with Gasteiger partial charge in [0.15, 0.2) is 5.65 Å². The van der Waals surface area contributed by atoms with Crippen molar-refractivity contribution in [1.82, 2.24) is 29.5 Å². The molecular weight excluding hydrogens is 422 g/mol. The van der Waals surface area contributed by atoms with Gasteiger partial charge in [-0.3, -0.25) is 9.82 Å². The van der Waals surface area contributed by atoms with E-state index < -0.39 is 0 Å². The van der Waals surface area contributed by atoms with Crippen molar-refractivity contribution in [1.29, 1.82) is 0 Å². The predicted octanol–water partition coefficient (Wildman–Crippen LogP) is 4.29. The van der Waals surface area contributed by atoms with Gasteiger partial charge in [-0.05, 0) is 51.8 Å². The molecule has 32 heavy (non-hydrogen) atoms. The highest BCUT2D eigenvalue weighted by atomic mass is 32.2. The van der Waals surface area contributed by atoms with E-state index >= 15 is 0 Å². The van der Waals surface area contributed by atoms with Gasteiger partial charge in [0.2, 0.25) is 0 Å². The van der Waals surface area contributed by atoms with Crippen LogP contribution in [-0.2, 0) is 0 Å². The first-order valence-corrected chi connectivity index (χ1v) is 12.1. The molecule has 0 saturated carbocycles. The van der Waals surface area contributed by atoms with E-state index in [4.69, 9.17) is 9.72 Å². The van der Waals surface area contributed by atoms with Gasteiger partial charge in [0.1, 0.15) is 11.6 Å². The van der Waals surface area contributed by atoms with Crippen LogP contribution in [0.4, 0.5) is 5.82 Å². The minimum absolute atomic E-state index is 0.513. The molecule has 1 fully saturated rings. The maximum atomic E-state index is 5.79. The van der Waals surface area contributed by atoms with Crippen molar-refractivity contribution in [2.24, 2.45) is 0 Å². The zero-order valence-corrected chi connectivity index (χ0v) is 19.5. The Morgan fingerprint density at radius 1 is 1.25 bits per heavy atom. The Morgan fingerprint density at radius 2 is 2.09 bits per heavy atom. The number of hydrogen-bond donors (Lipinski definition) is 2. The molecule has 0 radical (unpaired) electrons. The van der Waals surface area contributed by atoms with Crippen molar-refractivity contribution in [2.45, 2.75) is 44.9 Å². The number of piperidine rings is 1. The molecule has 4 aromatic heterocycles. The summed E-state index contributed by atoms with van der Waals surface area (Å²) in [6.45, 7) is 9.03. The van der Waals surface area contributed by atoms with Crippen molar-refractivity contribution < 1.29 is 4.74 Å². The second-order valence-electron chi connectivity index (χ2n) is 8.43. The lowest BCUT2D eigenvalue weighted by Gasteiger charge is -2.32. The third kappa shape index (κ3) is 4.14. The largest absolute Gasteiger partial charge is 0.492 e. The minimum Gasteiger partial charge on any atom is -0.492 e. The Morgan fingerprint density at radius 3 is 2.81 bits per heavy atom. The van der Waals surface area contributed by atoms with Gasteiger partial charge in [-0.2, -0.15) is 5.10 Å². The average molecular weight is 452 g/mol. The van der Waals surface area contributed by atoms with E-state index in [0.29, 0.717) is 17.9 Å². The van der Waals surface area contributed by atoms with Crippen LogP contribution in [0.2, 0.25) is 0 Å². The van der Waals surface area contributed by atoms with Crippen molar-refractivity contribution >= 4 is 34.3 Å². The zero-order valence-electron chi connectivity index (χ0n) is 18.7. The molecule has 9 heteroatoms. The summed E-state index contributed by atoms with van der Waals surface area (Å²) in [4.78, 5) is 7.21. The number of H-pyrrole nitrogens is 1. The molecule has 0 aromatic carbocycles. The SMILES string of the molecule is CCOc1cc(-c2ccc(N3CCC(SNC(C)C)CC3)nc2)c2c3cn[nH]c3nn2c1. The topological polar surface area (TPSA) is 83.4 Å². The molecule has 1 saturated heterocycles. The molecule has 4 aromatic rings. The van der Waals surface area contributed by atoms with Gasteiger partial charge in [-0.25, -0.2) is 9.50 Å². The van der Waals surface area contributed by atoms with Crippen molar-refractivity contribution in [3.63, 3.8) is 0 Å². The van der Waals surface area contributed by atoms with E-state index in [1.807, 2.05) is 42.0 Å². The fourth-order valence-electron chi connectivity index (χ4n) is 4.17. The van der Waals surface area contributed by atoms with E-state index in [2.05, 4.69) is 57.0 Å². The molecule has 1 aliphatic heterocycles. The van der Waals surface area contributed by atoms with E-state index in [-0.39, 0.29) is 0 Å². The molecule has 1 aliphatic rings. The highest BCUT2D eigenvalue weighted by Crippen LogP contribution is 2.33. The summed E-state index contributed by atoms with van der Waals surface area (Å²) in [5.41, 5.74) is 3.84. The summed E-state index contributed by atoms with van der Waals surface area (Å²) >= 11 is 1.89. The summed E-state index contributed by atoms with van der Waals surface area (Å²) in [6, 6.07) is 6.85. The molecule has 168 valence electrons. The number of pyridine rings is 2. The van der Waals surface area contributed by atoms with Crippen LogP contribution in [0.15, 0.2) is 36.8 Å². The van der Waals surface area contributed by atoms with Gasteiger partial charge in [0, 0.05) is 41.7 Å². The third-order valence-electron chi connectivity index (χ3n) is 5.71. The van der Waals surface area contributed by atoms with Crippen molar-refractivity contribution in [3.8, 4) is 16.9 Å². The molecule has 0 atom stereocenters. The van der Waals surface area contributed by atoms with Crippen LogP contribution < -0.4 is 14.4 Å². The molecule has 5 rings (SSSR count). The number of rotatable bonds is 7. The highest BCUT2D eigenvalue weighted by molar-refractivity contribution is 7.98. The fraction of sp³-hybridized carbons (Fsp3) is 0.435. The summed E-state index contributed by atoms with van der Waals surface area (Å²) in [6.07, 6.45) is 8.02. The predicted molar refractivity (Wildman–Crippen MR) is 130 cm³/mol.